The Labute approximate surface area is 257 Å². The first-order valence-electron chi connectivity index (χ1n) is 14.4. The molecule has 1 amide bonds. The molecule has 2 aliphatic heterocycles. The summed E-state index contributed by atoms with van der Waals surface area (Å²) in [5.74, 6) is -3.04. The molecule has 2 fully saturated rings. The van der Waals surface area contributed by atoms with E-state index >= 15 is 0 Å². The van der Waals surface area contributed by atoms with E-state index in [1.165, 1.54) is 16.7 Å². The van der Waals surface area contributed by atoms with Crippen LogP contribution in [-0.4, -0.2) is 94.0 Å². The van der Waals surface area contributed by atoms with Crippen LogP contribution in [-0.2, 0) is 14.4 Å². The van der Waals surface area contributed by atoms with Crippen molar-refractivity contribution in [2.75, 3.05) is 45.8 Å². The van der Waals surface area contributed by atoms with Gasteiger partial charge >= 0.3 is 11.9 Å². The molecule has 3 aromatic rings. The normalized spacial score (nSPS) is 17.5. The molecule has 9 nitrogen and oxygen atoms in total. The quantitative estimate of drug-likeness (QED) is 0.366. The minimum Gasteiger partial charge on any atom is -0.473 e. The van der Waals surface area contributed by atoms with Crippen LogP contribution in [0, 0.1) is 0 Å². The lowest BCUT2D eigenvalue weighted by molar-refractivity contribution is -0.159. The number of carboxylic acids is 2. The Morgan fingerprint density at radius 1 is 0.767 bits per heavy atom. The molecule has 0 radical (unpaired) electrons. The molecule has 0 saturated carbocycles. The van der Waals surface area contributed by atoms with Crippen LogP contribution >= 0.6 is 11.6 Å². The largest absolute Gasteiger partial charge is 0.473 e. The third kappa shape index (κ3) is 9.90. The van der Waals surface area contributed by atoms with Gasteiger partial charge in [-0.3, -0.25) is 9.69 Å². The maximum atomic E-state index is 12.8. The fraction of sp³-hybridized carbons (Fsp3) is 0.364. The minimum atomic E-state index is -1.82. The van der Waals surface area contributed by atoms with Gasteiger partial charge in [-0.2, -0.15) is 0 Å². The van der Waals surface area contributed by atoms with Crippen molar-refractivity contribution in [2.24, 2.45) is 0 Å². The molecular weight excluding hydrogens is 570 g/mol. The minimum absolute atomic E-state index is 0. The zero-order valence-electron chi connectivity index (χ0n) is 24.1. The van der Waals surface area contributed by atoms with Gasteiger partial charge in [0.25, 0.3) is 0 Å². The van der Waals surface area contributed by atoms with E-state index in [2.05, 4.69) is 87.5 Å². The first-order valence-corrected chi connectivity index (χ1v) is 14.8. The Morgan fingerprint density at radius 2 is 1.30 bits per heavy atom. The summed E-state index contributed by atoms with van der Waals surface area (Å²) in [5, 5.41) is 15.5. The summed E-state index contributed by atoms with van der Waals surface area (Å²) in [6.45, 7) is 7.03. The summed E-state index contributed by atoms with van der Waals surface area (Å²) in [6.07, 6.45) is 2.69. The van der Waals surface area contributed by atoms with Crippen molar-refractivity contribution in [3.8, 4) is 0 Å². The monoisotopic (exact) mass is 609 g/mol. The smallest absolute Gasteiger partial charge is 0.414 e. The molecule has 3 aromatic carbocycles. The second-order valence-corrected chi connectivity index (χ2v) is 11.1. The molecule has 1 atom stereocenters. The average Bonchev–Trinajstić information content (AvgIpc) is 3.01. The Bertz CT molecular complexity index is 1250. The maximum Gasteiger partial charge on any atom is 0.414 e. The number of hydrogen-bond donors (Lipinski definition) is 2. The SMILES string of the molecule is O.O=C(O)C(=O)O.O=C1CC(c2ccc(Cl)cc2)CCN1CCCN1CCN(C(c2ccccc2)c2ccccc2)CC1. The van der Waals surface area contributed by atoms with E-state index in [1.54, 1.807) is 0 Å². The number of likely N-dealkylation sites (tertiary alicyclic amines) is 1. The van der Waals surface area contributed by atoms with Gasteiger partial charge in [0.05, 0.1) is 6.04 Å². The average molecular weight is 610 g/mol. The van der Waals surface area contributed by atoms with Gasteiger partial charge in [0.2, 0.25) is 5.91 Å². The highest BCUT2D eigenvalue weighted by Crippen LogP contribution is 2.31. The lowest BCUT2D eigenvalue weighted by Crippen LogP contribution is -2.48. The number of aliphatic carboxylic acids is 2. The Kier molecular flexibility index (Phi) is 13.2. The van der Waals surface area contributed by atoms with Gasteiger partial charge < -0.3 is 25.5 Å². The van der Waals surface area contributed by atoms with Crippen molar-refractivity contribution in [1.29, 1.82) is 0 Å². The van der Waals surface area contributed by atoms with E-state index in [-0.39, 0.29) is 5.48 Å². The number of benzene rings is 3. The fourth-order valence-electron chi connectivity index (χ4n) is 5.75. The molecule has 0 spiro atoms. The fourth-order valence-corrected chi connectivity index (χ4v) is 5.88. The molecule has 5 rings (SSSR count). The zero-order valence-corrected chi connectivity index (χ0v) is 24.9. The molecule has 2 aliphatic rings. The van der Waals surface area contributed by atoms with E-state index in [0.717, 1.165) is 63.7 Å². The number of halogens is 1. The van der Waals surface area contributed by atoms with Crippen LogP contribution in [0.4, 0.5) is 0 Å². The molecule has 1 unspecified atom stereocenters. The standard InChI is InChI=1S/C31H36ClN3O.C2H2O4.H2O/c32-29-14-12-25(13-15-29)28-16-19-34(30(36)24-28)18-7-17-33-20-22-35(23-21-33)31(26-8-3-1-4-9-26)27-10-5-2-6-11-27;3-1(4)2(5)6;/h1-6,8-15,28,31H,7,16-24H2;(H,3,4)(H,5,6);1H2. The topological polar surface area (TPSA) is 133 Å². The van der Waals surface area contributed by atoms with Crippen molar-refractivity contribution >= 4 is 29.4 Å². The lowest BCUT2D eigenvalue weighted by Gasteiger charge is -2.40. The van der Waals surface area contributed by atoms with Crippen molar-refractivity contribution in [3.63, 3.8) is 0 Å². The summed E-state index contributed by atoms with van der Waals surface area (Å²) in [5.41, 5.74) is 3.95. The molecule has 43 heavy (non-hydrogen) atoms. The van der Waals surface area contributed by atoms with Crippen molar-refractivity contribution < 1.29 is 30.1 Å². The van der Waals surface area contributed by atoms with E-state index < -0.39 is 11.9 Å². The van der Waals surface area contributed by atoms with E-state index in [1.807, 2.05) is 12.1 Å². The predicted octanol–water partition coefficient (Wildman–Crippen LogP) is 4.17. The molecular formula is C33H40ClN3O6. The third-order valence-corrected chi connectivity index (χ3v) is 8.20. The van der Waals surface area contributed by atoms with Gasteiger partial charge in [0.1, 0.15) is 0 Å². The number of rotatable bonds is 8. The Hall–Kier alpha value is -3.76. The van der Waals surface area contributed by atoms with Crippen molar-refractivity contribution in [1.82, 2.24) is 14.7 Å². The van der Waals surface area contributed by atoms with Gasteiger partial charge in [-0.1, -0.05) is 84.4 Å². The number of carbonyl (C=O) groups excluding carboxylic acids is 1. The highest BCUT2D eigenvalue weighted by atomic mass is 35.5. The number of piperidine rings is 1. The van der Waals surface area contributed by atoms with Gasteiger partial charge in [-0.25, -0.2) is 9.59 Å². The third-order valence-electron chi connectivity index (χ3n) is 7.95. The molecule has 0 bridgehead atoms. The van der Waals surface area contributed by atoms with E-state index in [9.17, 15) is 4.79 Å². The summed E-state index contributed by atoms with van der Waals surface area (Å²) in [7, 11) is 0. The molecule has 0 aliphatic carbocycles. The molecule has 2 saturated heterocycles. The Balaban J connectivity index is 0.000000658. The Morgan fingerprint density at radius 3 is 1.79 bits per heavy atom. The highest BCUT2D eigenvalue weighted by molar-refractivity contribution is 6.30. The van der Waals surface area contributed by atoms with Crippen LogP contribution in [0.5, 0.6) is 0 Å². The van der Waals surface area contributed by atoms with Crippen LogP contribution < -0.4 is 0 Å². The molecule has 2 heterocycles. The zero-order chi connectivity index (χ0) is 29.9. The first-order chi connectivity index (χ1) is 20.3. The number of hydrogen-bond acceptors (Lipinski definition) is 5. The second kappa shape index (κ2) is 16.8. The van der Waals surface area contributed by atoms with Crippen molar-refractivity contribution in [3.05, 3.63) is 107 Å². The summed E-state index contributed by atoms with van der Waals surface area (Å²) in [4.78, 5) is 38.2. The predicted molar refractivity (Wildman–Crippen MR) is 166 cm³/mol. The van der Waals surface area contributed by atoms with Crippen LogP contribution in [0.2, 0.25) is 5.02 Å². The second-order valence-electron chi connectivity index (χ2n) is 10.7. The van der Waals surface area contributed by atoms with Crippen LogP contribution in [0.25, 0.3) is 0 Å². The van der Waals surface area contributed by atoms with E-state index in [4.69, 9.17) is 31.4 Å². The van der Waals surface area contributed by atoms with Gasteiger partial charge in [0.15, 0.2) is 0 Å². The van der Waals surface area contributed by atoms with Crippen LogP contribution in [0.1, 0.15) is 47.9 Å². The number of amides is 1. The maximum absolute atomic E-state index is 12.8. The molecule has 0 aromatic heterocycles. The lowest BCUT2D eigenvalue weighted by atomic mass is 9.89. The summed E-state index contributed by atoms with van der Waals surface area (Å²) >= 11 is 6.02. The summed E-state index contributed by atoms with van der Waals surface area (Å²) in [6, 6.07) is 30.0. The number of carboxylic acid groups (broad SMARTS) is 2. The number of nitrogens with zero attached hydrogens (tertiary/aromatic N) is 3. The van der Waals surface area contributed by atoms with Gasteiger partial charge in [-0.15, -0.1) is 0 Å². The highest BCUT2D eigenvalue weighted by Gasteiger charge is 2.28. The van der Waals surface area contributed by atoms with Crippen LogP contribution in [0.15, 0.2) is 84.9 Å². The van der Waals surface area contributed by atoms with Crippen LogP contribution in [0.3, 0.4) is 0 Å². The molecule has 10 heteroatoms. The molecule has 4 N–H and O–H groups in total. The number of piperazine rings is 1. The van der Waals surface area contributed by atoms with E-state index in [0.29, 0.717) is 24.3 Å². The van der Waals surface area contributed by atoms with Gasteiger partial charge in [0, 0.05) is 50.7 Å². The number of carbonyl (C=O) groups is 3. The first kappa shape index (κ1) is 33.7. The molecule has 230 valence electrons. The summed E-state index contributed by atoms with van der Waals surface area (Å²) < 4.78 is 0. The van der Waals surface area contributed by atoms with Gasteiger partial charge in [-0.05, 0) is 54.1 Å². The van der Waals surface area contributed by atoms with Crippen molar-refractivity contribution in [2.45, 2.75) is 31.2 Å².